The number of aliphatic imine (C=N–C) groups is 1. The summed E-state index contributed by atoms with van der Waals surface area (Å²) in [5.74, 6) is 0.802. The predicted octanol–water partition coefficient (Wildman–Crippen LogP) is 2.03. The van der Waals surface area contributed by atoms with E-state index in [4.69, 9.17) is 21.1 Å². The number of ether oxygens (including phenoxy) is 2. The molecule has 6 nitrogen and oxygen atoms in total. The van der Waals surface area contributed by atoms with Gasteiger partial charge in [0, 0.05) is 39.5 Å². The quantitative estimate of drug-likeness (QED) is 0.307. The molecule has 0 amide bonds. The molecule has 2 N–H and O–H groups in total. The van der Waals surface area contributed by atoms with Crippen LogP contribution in [0.1, 0.15) is 24.8 Å². The largest absolute Gasteiger partial charge is 0.379 e. The van der Waals surface area contributed by atoms with Gasteiger partial charge < -0.3 is 20.1 Å². The van der Waals surface area contributed by atoms with Crippen LogP contribution in [0.25, 0.3) is 0 Å². The van der Waals surface area contributed by atoms with Gasteiger partial charge >= 0.3 is 0 Å². The van der Waals surface area contributed by atoms with Crippen molar-refractivity contribution in [2.24, 2.45) is 4.99 Å². The Balaban J connectivity index is 1.49. The van der Waals surface area contributed by atoms with Crippen molar-refractivity contribution in [2.45, 2.75) is 31.8 Å². The lowest BCUT2D eigenvalue weighted by atomic mass is 10.2. The van der Waals surface area contributed by atoms with Gasteiger partial charge in [0.25, 0.3) is 0 Å². The van der Waals surface area contributed by atoms with Crippen LogP contribution in [-0.2, 0) is 15.9 Å². The summed E-state index contributed by atoms with van der Waals surface area (Å²) in [5, 5.41) is 7.09. The highest BCUT2D eigenvalue weighted by atomic mass is 35.5. The minimum Gasteiger partial charge on any atom is -0.379 e. The second-order valence-electron chi connectivity index (χ2n) is 5.73. The summed E-state index contributed by atoms with van der Waals surface area (Å²) in [6.07, 6.45) is 6.19. The first-order valence-electron chi connectivity index (χ1n) is 8.52. The number of hydrogen-bond acceptors (Lipinski definition) is 4. The Labute approximate surface area is 149 Å². The van der Waals surface area contributed by atoms with Crippen LogP contribution in [0.3, 0.4) is 0 Å². The van der Waals surface area contributed by atoms with E-state index in [9.17, 15) is 0 Å². The maximum absolute atomic E-state index is 5.78. The van der Waals surface area contributed by atoms with Gasteiger partial charge in [0.1, 0.15) is 5.15 Å². The third kappa shape index (κ3) is 7.47. The number of pyridine rings is 1. The van der Waals surface area contributed by atoms with Crippen molar-refractivity contribution in [3.63, 3.8) is 0 Å². The summed E-state index contributed by atoms with van der Waals surface area (Å²) in [4.78, 5) is 8.28. The van der Waals surface area contributed by atoms with Crippen molar-refractivity contribution in [1.29, 1.82) is 0 Å². The lowest BCUT2D eigenvalue weighted by Gasteiger charge is -2.13. The highest BCUT2D eigenvalue weighted by molar-refractivity contribution is 6.29. The Bertz CT molecular complexity index is 490. The molecular weight excluding hydrogens is 328 g/mol. The molecule has 1 aromatic rings. The Kier molecular flexibility index (Phi) is 8.87. The summed E-state index contributed by atoms with van der Waals surface area (Å²) in [6.45, 7) is 3.94. The fourth-order valence-electron chi connectivity index (χ4n) is 2.47. The maximum Gasteiger partial charge on any atom is 0.190 e. The first-order chi connectivity index (χ1) is 11.8. The number of aromatic nitrogens is 1. The summed E-state index contributed by atoms with van der Waals surface area (Å²) < 4.78 is 11.2. The van der Waals surface area contributed by atoms with Crippen LogP contribution >= 0.6 is 11.6 Å². The van der Waals surface area contributed by atoms with Crippen LogP contribution in [0.4, 0.5) is 0 Å². The van der Waals surface area contributed by atoms with Gasteiger partial charge in [0.2, 0.25) is 0 Å². The Morgan fingerprint density at radius 3 is 3.00 bits per heavy atom. The lowest BCUT2D eigenvalue weighted by Crippen LogP contribution is -2.39. The molecule has 7 heteroatoms. The SMILES string of the molecule is CN=C(NCCCOCC1CCCO1)NCCc1ccc(Cl)nc1. The van der Waals surface area contributed by atoms with Crippen LogP contribution < -0.4 is 10.6 Å². The van der Waals surface area contributed by atoms with Gasteiger partial charge in [-0.25, -0.2) is 4.98 Å². The van der Waals surface area contributed by atoms with E-state index in [1.165, 1.54) is 0 Å². The van der Waals surface area contributed by atoms with Gasteiger partial charge in [-0.2, -0.15) is 0 Å². The highest BCUT2D eigenvalue weighted by Gasteiger charge is 2.14. The van der Waals surface area contributed by atoms with Gasteiger partial charge in [-0.1, -0.05) is 17.7 Å². The molecule has 0 bridgehead atoms. The molecule has 24 heavy (non-hydrogen) atoms. The average Bonchev–Trinajstić information content (AvgIpc) is 3.11. The summed E-state index contributed by atoms with van der Waals surface area (Å²) in [5.41, 5.74) is 1.14. The van der Waals surface area contributed by atoms with E-state index in [1.807, 2.05) is 6.07 Å². The van der Waals surface area contributed by atoms with Crippen molar-refractivity contribution in [2.75, 3.05) is 40.0 Å². The summed E-state index contributed by atoms with van der Waals surface area (Å²) in [6, 6.07) is 3.79. The molecule has 0 aromatic carbocycles. The second-order valence-corrected chi connectivity index (χ2v) is 6.12. The average molecular weight is 355 g/mol. The summed E-state index contributed by atoms with van der Waals surface area (Å²) in [7, 11) is 1.77. The lowest BCUT2D eigenvalue weighted by molar-refractivity contribution is 0.0168. The normalized spacial score (nSPS) is 17.9. The van der Waals surface area contributed by atoms with Crippen LogP contribution in [0, 0.1) is 0 Å². The third-order valence-corrected chi connectivity index (χ3v) is 4.03. The highest BCUT2D eigenvalue weighted by Crippen LogP contribution is 2.11. The van der Waals surface area contributed by atoms with Crippen molar-refractivity contribution in [3.8, 4) is 0 Å². The zero-order chi connectivity index (χ0) is 17.0. The molecule has 2 heterocycles. The number of nitrogens with one attached hydrogen (secondary N) is 2. The minimum atomic E-state index is 0.301. The molecule has 0 aliphatic carbocycles. The molecule has 1 atom stereocenters. The molecule has 0 spiro atoms. The van der Waals surface area contributed by atoms with E-state index in [0.29, 0.717) is 17.9 Å². The smallest absolute Gasteiger partial charge is 0.190 e. The van der Waals surface area contributed by atoms with Crippen LogP contribution in [-0.4, -0.2) is 57.0 Å². The number of halogens is 1. The van der Waals surface area contributed by atoms with Gasteiger partial charge in [-0.15, -0.1) is 0 Å². The Hall–Kier alpha value is -1.37. The first kappa shape index (κ1) is 19.0. The Morgan fingerprint density at radius 1 is 1.42 bits per heavy atom. The number of hydrogen-bond donors (Lipinski definition) is 2. The molecular formula is C17H27ClN4O2. The van der Waals surface area contributed by atoms with E-state index < -0.39 is 0 Å². The standard InChI is InChI=1S/C17H27ClN4O2/c1-19-17(21-9-7-14-5-6-16(18)22-12-14)20-8-3-10-23-13-15-4-2-11-24-15/h5-6,12,15H,2-4,7-11,13H2,1H3,(H2,19,20,21). The molecule has 1 aromatic heterocycles. The molecule has 1 fully saturated rings. The number of rotatable bonds is 9. The molecule has 1 aliphatic rings. The molecule has 2 rings (SSSR count). The zero-order valence-electron chi connectivity index (χ0n) is 14.3. The van der Waals surface area contributed by atoms with Crippen LogP contribution in [0.5, 0.6) is 0 Å². The van der Waals surface area contributed by atoms with Crippen molar-refractivity contribution >= 4 is 17.6 Å². The van der Waals surface area contributed by atoms with E-state index in [-0.39, 0.29) is 0 Å². The predicted molar refractivity (Wildman–Crippen MR) is 96.7 cm³/mol. The van der Waals surface area contributed by atoms with Gasteiger partial charge in [-0.3, -0.25) is 4.99 Å². The van der Waals surface area contributed by atoms with Gasteiger partial charge in [-0.05, 0) is 37.3 Å². The van der Waals surface area contributed by atoms with E-state index in [0.717, 1.165) is 63.5 Å². The molecule has 1 saturated heterocycles. The van der Waals surface area contributed by atoms with Crippen molar-refractivity contribution in [3.05, 3.63) is 29.0 Å². The van der Waals surface area contributed by atoms with Crippen LogP contribution in [0.2, 0.25) is 5.15 Å². The second kappa shape index (κ2) is 11.2. The van der Waals surface area contributed by atoms with Gasteiger partial charge in [0.15, 0.2) is 5.96 Å². The fraction of sp³-hybridized carbons (Fsp3) is 0.647. The van der Waals surface area contributed by atoms with E-state index in [1.54, 1.807) is 19.3 Å². The number of guanidine groups is 1. The molecule has 134 valence electrons. The first-order valence-corrected chi connectivity index (χ1v) is 8.90. The molecule has 1 unspecified atom stereocenters. The fourth-order valence-corrected chi connectivity index (χ4v) is 2.58. The van der Waals surface area contributed by atoms with Crippen molar-refractivity contribution in [1.82, 2.24) is 15.6 Å². The van der Waals surface area contributed by atoms with E-state index >= 15 is 0 Å². The zero-order valence-corrected chi connectivity index (χ0v) is 15.0. The monoisotopic (exact) mass is 354 g/mol. The van der Waals surface area contributed by atoms with Crippen molar-refractivity contribution < 1.29 is 9.47 Å². The third-order valence-electron chi connectivity index (χ3n) is 3.80. The molecule has 0 radical (unpaired) electrons. The van der Waals surface area contributed by atoms with E-state index in [2.05, 4.69) is 20.6 Å². The maximum atomic E-state index is 5.78. The topological polar surface area (TPSA) is 67.8 Å². The Morgan fingerprint density at radius 2 is 2.29 bits per heavy atom. The number of nitrogens with zero attached hydrogens (tertiary/aromatic N) is 2. The van der Waals surface area contributed by atoms with Gasteiger partial charge in [0.05, 0.1) is 12.7 Å². The molecule has 0 saturated carbocycles. The molecule has 1 aliphatic heterocycles. The minimum absolute atomic E-state index is 0.301. The summed E-state index contributed by atoms with van der Waals surface area (Å²) >= 11 is 5.78. The van der Waals surface area contributed by atoms with Crippen LogP contribution in [0.15, 0.2) is 23.3 Å².